The normalized spacial score (nSPS) is 10.9. The van der Waals surface area contributed by atoms with Gasteiger partial charge in [0.25, 0.3) is 0 Å². The molecule has 0 rings (SSSR count). The third-order valence-electron chi connectivity index (χ3n) is 0.712. The van der Waals surface area contributed by atoms with Gasteiger partial charge in [0.1, 0.15) is 0 Å². The van der Waals surface area contributed by atoms with Crippen LogP contribution in [0.4, 0.5) is 0 Å². The molecule has 0 saturated heterocycles. The zero-order chi connectivity index (χ0) is 7.44. The molecule has 0 bridgehead atoms. The van der Waals surface area contributed by atoms with E-state index in [1.807, 2.05) is 0 Å². The summed E-state index contributed by atoms with van der Waals surface area (Å²) in [5.41, 5.74) is 4.96. The summed E-state index contributed by atoms with van der Waals surface area (Å²) in [7, 11) is 0. The van der Waals surface area contributed by atoms with Crippen molar-refractivity contribution in [3.63, 3.8) is 0 Å². The van der Waals surface area contributed by atoms with Gasteiger partial charge in [0.2, 0.25) is 0 Å². The van der Waals surface area contributed by atoms with Crippen molar-refractivity contribution < 1.29 is 39.5 Å². The van der Waals surface area contributed by atoms with Gasteiger partial charge in [-0.15, -0.1) is 0 Å². The summed E-state index contributed by atoms with van der Waals surface area (Å²) in [5.74, 6) is -1.22. The van der Waals surface area contributed by atoms with Crippen LogP contribution in [0.5, 0.6) is 0 Å². The SMILES string of the molecule is CC(NC(N)=S)C(=O)[O-].[Na+]. The third kappa shape index (κ3) is 6.28. The summed E-state index contributed by atoms with van der Waals surface area (Å²) >= 11 is 4.37. The summed E-state index contributed by atoms with van der Waals surface area (Å²) in [5, 5.41) is 12.2. The van der Waals surface area contributed by atoms with Gasteiger partial charge in [-0.3, -0.25) is 0 Å². The summed E-state index contributed by atoms with van der Waals surface area (Å²) in [6.45, 7) is 1.40. The Balaban J connectivity index is 0. The summed E-state index contributed by atoms with van der Waals surface area (Å²) in [4.78, 5) is 9.95. The predicted molar refractivity (Wildman–Crippen MR) is 34.4 cm³/mol. The number of hydrogen-bond acceptors (Lipinski definition) is 3. The van der Waals surface area contributed by atoms with E-state index < -0.39 is 12.0 Å². The van der Waals surface area contributed by atoms with Crippen molar-refractivity contribution in [3.8, 4) is 0 Å². The summed E-state index contributed by atoms with van der Waals surface area (Å²) in [6, 6.07) is -0.817. The van der Waals surface area contributed by atoms with Crippen LogP contribution in [-0.2, 0) is 4.79 Å². The molecule has 0 aromatic heterocycles. The van der Waals surface area contributed by atoms with Crippen molar-refractivity contribution in [1.29, 1.82) is 0 Å². The molecule has 0 fully saturated rings. The van der Waals surface area contributed by atoms with Crippen molar-refractivity contribution in [2.24, 2.45) is 5.73 Å². The monoisotopic (exact) mass is 170 g/mol. The maximum atomic E-state index is 9.95. The summed E-state index contributed by atoms with van der Waals surface area (Å²) < 4.78 is 0. The number of rotatable bonds is 2. The number of thiocarbonyl (C=S) groups is 1. The van der Waals surface area contributed by atoms with Gasteiger partial charge >= 0.3 is 29.6 Å². The van der Waals surface area contributed by atoms with Gasteiger partial charge in [-0.05, 0) is 19.1 Å². The van der Waals surface area contributed by atoms with Crippen LogP contribution in [0.25, 0.3) is 0 Å². The number of hydrogen-bond donors (Lipinski definition) is 2. The van der Waals surface area contributed by atoms with Crippen molar-refractivity contribution in [2.45, 2.75) is 13.0 Å². The van der Waals surface area contributed by atoms with Gasteiger partial charge in [0.05, 0.1) is 12.0 Å². The van der Waals surface area contributed by atoms with Gasteiger partial charge in [-0.25, -0.2) is 0 Å². The Kier molecular flexibility index (Phi) is 7.56. The van der Waals surface area contributed by atoms with Gasteiger partial charge in [-0.1, -0.05) is 0 Å². The molecule has 0 spiro atoms. The van der Waals surface area contributed by atoms with E-state index in [9.17, 15) is 9.90 Å². The smallest absolute Gasteiger partial charge is 0.548 e. The van der Waals surface area contributed by atoms with Crippen molar-refractivity contribution >= 4 is 23.3 Å². The number of carbonyl (C=O) groups excluding carboxylic acids is 1. The minimum absolute atomic E-state index is 0. The molecule has 0 aliphatic carbocycles. The molecule has 0 amide bonds. The Hall–Kier alpha value is 0.160. The van der Waals surface area contributed by atoms with E-state index in [0.29, 0.717) is 0 Å². The number of carboxylic acids is 1. The number of nitrogens with one attached hydrogen (secondary N) is 1. The van der Waals surface area contributed by atoms with Crippen LogP contribution in [0.2, 0.25) is 0 Å². The van der Waals surface area contributed by atoms with Gasteiger partial charge < -0.3 is 21.0 Å². The van der Waals surface area contributed by atoms with Crippen LogP contribution in [0.1, 0.15) is 6.92 Å². The average molecular weight is 170 g/mol. The van der Waals surface area contributed by atoms with Gasteiger partial charge in [0.15, 0.2) is 5.11 Å². The van der Waals surface area contributed by atoms with E-state index in [4.69, 9.17) is 5.73 Å². The first-order valence-corrected chi connectivity index (χ1v) is 2.71. The van der Waals surface area contributed by atoms with E-state index in [-0.39, 0.29) is 34.7 Å². The third-order valence-corrected chi connectivity index (χ3v) is 0.830. The number of nitrogens with two attached hydrogens (primary N) is 1. The fraction of sp³-hybridized carbons (Fsp3) is 0.500. The molecule has 0 saturated carbocycles. The Morgan fingerprint density at radius 1 is 1.80 bits per heavy atom. The Morgan fingerprint density at radius 3 is 2.30 bits per heavy atom. The first-order chi connectivity index (χ1) is 4.04. The van der Waals surface area contributed by atoms with E-state index in [1.54, 1.807) is 0 Å². The molecule has 0 heterocycles. The maximum absolute atomic E-state index is 9.95. The second-order valence-electron chi connectivity index (χ2n) is 1.55. The molecule has 0 aliphatic rings. The van der Waals surface area contributed by atoms with Crippen LogP contribution in [0.15, 0.2) is 0 Å². The fourth-order valence-electron chi connectivity index (χ4n) is 0.272. The molecular weight excluding hydrogens is 163 g/mol. The Morgan fingerprint density at radius 2 is 2.20 bits per heavy atom. The van der Waals surface area contributed by atoms with E-state index >= 15 is 0 Å². The molecule has 4 nitrogen and oxygen atoms in total. The van der Waals surface area contributed by atoms with Crippen LogP contribution in [0, 0.1) is 0 Å². The average Bonchev–Trinajstić information content (AvgIpc) is 1.63. The van der Waals surface area contributed by atoms with E-state index in [1.165, 1.54) is 6.92 Å². The number of carbonyl (C=O) groups is 1. The van der Waals surface area contributed by atoms with Crippen molar-refractivity contribution in [3.05, 3.63) is 0 Å². The molecular formula is C4H7N2NaO2S. The second kappa shape index (κ2) is 5.91. The minimum atomic E-state index is -1.22. The zero-order valence-electron chi connectivity index (χ0n) is 5.88. The van der Waals surface area contributed by atoms with Gasteiger partial charge in [-0.2, -0.15) is 0 Å². The minimum Gasteiger partial charge on any atom is -0.548 e. The van der Waals surface area contributed by atoms with Crippen LogP contribution in [-0.4, -0.2) is 17.1 Å². The van der Waals surface area contributed by atoms with Gasteiger partial charge in [0, 0.05) is 0 Å². The molecule has 10 heavy (non-hydrogen) atoms. The predicted octanol–water partition coefficient (Wildman–Crippen LogP) is -5.04. The molecule has 0 radical (unpaired) electrons. The largest absolute Gasteiger partial charge is 1.00 e. The second-order valence-corrected chi connectivity index (χ2v) is 1.99. The first-order valence-electron chi connectivity index (χ1n) is 2.31. The fourth-order valence-corrected chi connectivity index (χ4v) is 0.449. The maximum Gasteiger partial charge on any atom is 1.00 e. The Labute approximate surface area is 86.5 Å². The number of aliphatic carboxylic acids is 1. The topological polar surface area (TPSA) is 78.2 Å². The molecule has 1 atom stereocenters. The molecule has 3 N–H and O–H groups in total. The van der Waals surface area contributed by atoms with Crippen molar-refractivity contribution in [2.75, 3.05) is 0 Å². The Bertz CT molecular complexity index is 141. The standard InChI is InChI=1S/C4H8N2O2S.Na/c1-2(3(7)8)6-4(5)9;/h2H,1H3,(H,7,8)(H3,5,6,9);/q;+1/p-1. The van der Waals surface area contributed by atoms with Crippen LogP contribution in [0.3, 0.4) is 0 Å². The molecule has 52 valence electrons. The quantitative estimate of drug-likeness (QED) is 0.320. The molecule has 0 aromatic carbocycles. The van der Waals surface area contributed by atoms with Crippen molar-refractivity contribution in [1.82, 2.24) is 5.32 Å². The first kappa shape index (κ1) is 12.8. The number of carboxylic acid groups (broad SMARTS) is 1. The molecule has 6 heteroatoms. The van der Waals surface area contributed by atoms with E-state index in [2.05, 4.69) is 17.5 Å². The molecule has 1 unspecified atom stereocenters. The van der Waals surface area contributed by atoms with E-state index in [0.717, 1.165) is 0 Å². The molecule has 0 aliphatic heterocycles. The summed E-state index contributed by atoms with van der Waals surface area (Å²) in [6.07, 6.45) is 0. The van der Waals surface area contributed by atoms with Crippen LogP contribution < -0.4 is 45.7 Å². The van der Waals surface area contributed by atoms with Crippen LogP contribution >= 0.6 is 12.2 Å². The zero-order valence-corrected chi connectivity index (χ0v) is 8.70. The molecule has 0 aromatic rings.